The molecule has 12 heteroatoms. The van der Waals surface area contributed by atoms with Crippen LogP contribution in [-0.2, 0) is 0 Å². The molecule has 4 heterocycles. The zero-order valence-electron chi connectivity index (χ0n) is 22.1. The third kappa shape index (κ3) is 5.99. The summed E-state index contributed by atoms with van der Waals surface area (Å²) >= 11 is 12.7. The van der Waals surface area contributed by atoms with E-state index in [1.807, 2.05) is 12.1 Å². The lowest BCUT2D eigenvalue weighted by molar-refractivity contribution is 0.202. The molecule has 40 heavy (non-hydrogen) atoms. The average Bonchev–Trinajstić information content (AvgIpc) is 3.65. The Balaban J connectivity index is 1.22. The molecular formula is C28H32Cl2N10. The molecule has 0 unspecified atom stereocenters. The van der Waals surface area contributed by atoms with E-state index in [1.165, 1.54) is 25.6 Å². The summed E-state index contributed by atoms with van der Waals surface area (Å²) in [4.78, 5) is 16.7. The molecule has 4 aromatic rings. The molecule has 2 fully saturated rings. The van der Waals surface area contributed by atoms with Gasteiger partial charge in [0.2, 0.25) is 5.95 Å². The first kappa shape index (κ1) is 26.7. The number of nitrogens with zero attached hydrogens (tertiary/aromatic N) is 6. The second kappa shape index (κ2) is 11.6. The smallest absolute Gasteiger partial charge is 0.226 e. The van der Waals surface area contributed by atoms with Crippen LogP contribution < -0.4 is 16.4 Å². The summed E-state index contributed by atoms with van der Waals surface area (Å²) in [5.74, 6) is 3.63. The number of anilines is 3. The number of rotatable bonds is 10. The maximum absolute atomic E-state index is 7.38. The van der Waals surface area contributed by atoms with Crippen LogP contribution in [-0.4, -0.2) is 68.4 Å². The van der Waals surface area contributed by atoms with Crippen LogP contribution >= 0.6 is 23.2 Å². The molecule has 0 radical (unpaired) electrons. The minimum atomic E-state index is 0.317. The molecule has 0 spiro atoms. The van der Waals surface area contributed by atoms with Crippen LogP contribution in [0.5, 0.6) is 0 Å². The summed E-state index contributed by atoms with van der Waals surface area (Å²) in [7, 11) is 0. The van der Waals surface area contributed by atoms with E-state index < -0.39 is 0 Å². The fourth-order valence-corrected chi connectivity index (χ4v) is 5.64. The predicted molar refractivity (Wildman–Crippen MR) is 161 cm³/mol. The van der Waals surface area contributed by atoms with Gasteiger partial charge in [-0.05, 0) is 75.0 Å². The highest BCUT2D eigenvalue weighted by Crippen LogP contribution is 2.34. The van der Waals surface area contributed by atoms with Gasteiger partial charge in [-0.3, -0.25) is 0 Å². The number of nitrogens with one attached hydrogen (secondary N) is 3. The molecule has 1 aliphatic carbocycles. The molecule has 0 amide bonds. The summed E-state index contributed by atoms with van der Waals surface area (Å²) in [6.45, 7) is 4.53. The summed E-state index contributed by atoms with van der Waals surface area (Å²) in [6, 6.07) is 10.9. The van der Waals surface area contributed by atoms with E-state index in [1.54, 1.807) is 28.8 Å². The second-order valence-electron chi connectivity index (χ2n) is 10.5. The van der Waals surface area contributed by atoms with Gasteiger partial charge in [0, 0.05) is 54.0 Å². The number of piperidine rings is 1. The van der Waals surface area contributed by atoms with Gasteiger partial charge < -0.3 is 26.7 Å². The zero-order valence-corrected chi connectivity index (χ0v) is 23.6. The lowest BCUT2D eigenvalue weighted by atomic mass is 9.96. The van der Waals surface area contributed by atoms with E-state index in [-0.39, 0.29) is 0 Å². The van der Waals surface area contributed by atoms with Crippen molar-refractivity contribution in [3.63, 3.8) is 0 Å². The third-order valence-corrected chi connectivity index (χ3v) is 8.09. The van der Waals surface area contributed by atoms with E-state index in [4.69, 9.17) is 49.4 Å². The van der Waals surface area contributed by atoms with Crippen molar-refractivity contribution in [3.05, 3.63) is 57.8 Å². The first-order chi connectivity index (χ1) is 19.5. The third-order valence-electron chi connectivity index (χ3n) is 7.54. The molecule has 3 aromatic heterocycles. The SMILES string of the molecule is N=Cc1ccc(NCCNc2nc(-c3ccc(Cl)cc3Cl)cc3nc(C4CCN(CC5CC5)CC4)nn23)nc1N. The van der Waals surface area contributed by atoms with Crippen LogP contribution in [0.25, 0.3) is 16.9 Å². The topological polar surface area (TPSA) is 133 Å². The van der Waals surface area contributed by atoms with E-state index in [9.17, 15) is 0 Å². The van der Waals surface area contributed by atoms with Crippen LogP contribution in [0.1, 0.15) is 43.0 Å². The number of nitrogens with two attached hydrogens (primary N) is 1. The highest BCUT2D eigenvalue weighted by atomic mass is 35.5. The molecular weight excluding hydrogens is 547 g/mol. The largest absolute Gasteiger partial charge is 0.383 e. The Morgan fingerprint density at radius 1 is 0.975 bits per heavy atom. The lowest BCUT2D eigenvalue weighted by Crippen LogP contribution is -2.34. The van der Waals surface area contributed by atoms with Gasteiger partial charge in [-0.1, -0.05) is 23.2 Å². The minimum absolute atomic E-state index is 0.317. The van der Waals surface area contributed by atoms with Crippen molar-refractivity contribution in [2.75, 3.05) is 49.1 Å². The second-order valence-corrected chi connectivity index (χ2v) is 11.4. The number of hydrogen-bond donors (Lipinski definition) is 4. The Kier molecular flexibility index (Phi) is 7.73. The van der Waals surface area contributed by atoms with Gasteiger partial charge in [-0.2, -0.15) is 4.52 Å². The summed E-state index contributed by atoms with van der Waals surface area (Å²) in [6.07, 6.45) is 6.08. The van der Waals surface area contributed by atoms with Crippen molar-refractivity contribution in [1.82, 2.24) is 29.5 Å². The van der Waals surface area contributed by atoms with Gasteiger partial charge in [0.1, 0.15) is 11.6 Å². The fraction of sp³-hybridized carbons (Fsp3) is 0.393. The Morgan fingerprint density at radius 2 is 1.77 bits per heavy atom. The number of nitrogen functional groups attached to an aromatic ring is 1. The van der Waals surface area contributed by atoms with E-state index >= 15 is 0 Å². The predicted octanol–water partition coefficient (Wildman–Crippen LogP) is 5.19. The Bertz CT molecular complexity index is 1530. The van der Waals surface area contributed by atoms with Gasteiger partial charge in [0.15, 0.2) is 11.5 Å². The highest BCUT2D eigenvalue weighted by Gasteiger charge is 2.29. The molecule has 1 saturated carbocycles. The number of pyridine rings is 1. The van der Waals surface area contributed by atoms with Gasteiger partial charge in [0.25, 0.3) is 0 Å². The number of aromatic nitrogens is 5. The molecule has 5 N–H and O–H groups in total. The van der Waals surface area contributed by atoms with Crippen LogP contribution in [0.15, 0.2) is 36.4 Å². The first-order valence-electron chi connectivity index (χ1n) is 13.7. The Morgan fingerprint density at radius 3 is 2.50 bits per heavy atom. The number of halogens is 2. The average molecular weight is 580 g/mol. The number of hydrogen-bond acceptors (Lipinski definition) is 9. The van der Waals surface area contributed by atoms with E-state index in [2.05, 4.69) is 20.5 Å². The molecule has 1 aliphatic heterocycles. The van der Waals surface area contributed by atoms with Crippen molar-refractivity contribution in [3.8, 4) is 11.3 Å². The van der Waals surface area contributed by atoms with Gasteiger partial charge in [-0.25, -0.2) is 15.0 Å². The quantitative estimate of drug-likeness (QED) is 0.149. The maximum atomic E-state index is 7.38. The van der Waals surface area contributed by atoms with Crippen molar-refractivity contribution >= 4 is 52.6 Å². The number of likely N-dealkylation sites (tertiary alicyclic amines) is 1. The lowest BCUT2D eigenvalue weighted by Gasteiger charge is -2.30. The molecule has 0 atom stereocenters. The van der Waals surface area contributed by atoms with Crippen molar-refractivity contribution in [2.24, 2.45) is 5.92 Å². The molecule has 1 saturated heterocycles. The van der Waals surface area contributed by atoms with Crippen molar-refractivity contribution in [1.29, 1.82) is 5.41 Å². The molecule has 6 rings (SSSR count). The minimum Gasteiger partial charge on any atom is -0.383 e. The zero-order chi connectivity index (χ0) is 27.6. The van der Waals surface area contributed by atoms with E-state index in [0.717, 1.165) is 48.9 Å². The summed E-state index contributed by atoms with van der Waals surface area (Å²) < 4.78 is 1.79. The van der Waals surface area contributed by atoms with Crippen LogP contribution in [0.2, 0.25) is 10.0 Å². The molecule has 2 aliphatic rings. The maximum Gasteiger partial charge on any atom is 0.226 e. The number of fused-ring (bicyclic) bond motifs is 1. The van der Waals surface area contributed by atoms with Crippen LogP contribution in [0.3, 0.4) is 0 Å². The highest BCUT2D eigenvalue weighted by molar-refractivity contribution is 6.36. The molecule has 10 nitrogen and oxygen atoms in total. The number of benzene rings is 1. The van der Waals surface area contributed by atoms with Crippen LogP contribution in [0, 0.1) is 11.3 Å². The van der Waals surface area contributed by atoms with E-state index in [0.29, 0.717) is 57.9 Å². The van der Waals surface area contributed by atoms with Gasteiger partial charge in [0.05, 0.1) is 10.7 Å². The standard InChI is InChI=1S/C28H32Cl2N10/c29-20-4-5-21(22(30)13-20)23-14-25-37-27(18-7-11-39(12-8-18)16-17-1-2-17)38-40(25)28(35-23)34-10-9-33-24-6-3-19(15-31)26(32)36-24/h3-6,13-15,17-18,31H,1-2,7-12,16H2,(H,34,35)(H3,32,33,36). The van der Waals surface area contributed by atoms with Gasteiger partial charge in [-0.15, -0.1) is 5.10 Å². The Labute approximate surface area is 242 Å². The normalized spacial score (nSPS) is 16.4. The molecule has 208 valence electrons. The van der Waals surface area contributed by atoms with Crippen molar-refractivity contribution < 1.29 is 0 Å². The monoisotopic (exact) mass is 578 g/mol. The fourth-order valence-electron chi connectivity index (χ4n) is 5.14. The summed E-state index contributed by atoms with van der Waals surface area (Å²) in [5.41, 5.74) is 8.69. The van der Waals surface area contributed by atoms with Gasteiger partial charge >= 0.3 is 0 Å². The van der Waals surface area contributed by atoms with Crippen molar-refractivity contribution in [2.45, 2.75) is 31.6 Å². The van der Waals surface area contributed by atoms with Crippen LogP contribution in [0.4, 0.5) is 17.6 Å². The molecule has 1 aromatic carbocycles. The first-order valence-corrected chi connectivity index (χ1v) is 14.4. The summed E-state index contributed by atoms with van der Waals surface area (Å²) in [5, 5.41) is 20.0. The molecule has 0 bridgehead atoms. The Hall–Kier alpha value is -3.47.